The van der Waals surface area contributed by atoms with Gasteiger partial charge in [-0.3, -0.25) is 0 Å². The summed E-state index contributed by atoms with van der Waals surface area (Å²) in [6.07, 6.45) is 4.62. The van der Waals surface area contributed by atoms with Crippen LogP contribution in [0.3, 0.4) is 0 Å². The van der Waals surface area contributed by atoms with E-state index in [0.29, 0.717) is 0 Å². The molecule has 0 saturated heterocycles. The van der Waals surface area contributed by atoms with Crippen LogP contribution in [0.15, 0.2) is 34.9 Å². The topological polar surface area (TPSA) is 43.0 Å². The quantitative estimate of drug-likeness (QED) is 0.793. The molecule has 4 nitrogen and oxygen atoms in total. The smallest absolute Gasteiger partial charge is 0.110 e. The highest BCUT2D eigenvalue weighted by Crippen LogP contribution is 2.28. The van der Waals surface area contributed by atoms with Crippen molar-refractivity contribution in [2.75, 3.05) is 11.9 Å². The Morgan fingerprint density at radius 3 is 3.15 bits per heavy atom. The number of anilines is 1. The molecular formula is C16H17N3O. The Balaban J connectivity index is 1.68. The fourth-order valence-electron chi connectivity index (χ4n) is 2.95. The van der Waals surface area contributed by atoms with Gasteiger partial charge in [0, 0.05) is 32.1 Å². The van der Waals surface area contributed by atoms with Gasteiger partial charge in [-0.05, 0) is 36.2 Å². The first kappa shape index (κ1) is 11.6. The molecule has 0 unspecified atom stereocenters. The van der Waals surface area contributed by atoms with Crippen LogP contribution >= 0.6 is 0 Å². The van der Waals surface area contributed by atoms with E-state index in [1.807, 2.05) is 12.1 Å². The number of hydrogen-bond donors (Lipinski definition) is 1. The minimum Gasteiger partial charge on any atom is -0.469 e. The Kier molecular flexibility index (Phi) is 2.55. The van der Waals surface area contributed by atoms with Gasteiger partial charge in [0.25, 0.3) is 0 Å². The Morgan fingerprint density at radius 1 is 1.35 bits per heavy atom. The van der Waals surface area contributed by atoms with Crippen molar-refractivity contribution >= 4 is 16.7 Å². The average molecular weight is 267 g/mol. The second-order valence-electron chi connectivity index (χ2n) is 5.34. The Morgan fingerprint density at radius 2 is 2.30 bits per heavy atom. The van der Waals surface area contributed by atoms with Crippen LogP contribution in [-0.4, -0.2) is 16.1 Å². The number of nitrogens with zero attached hydrogens (tertiary/aromatic N) is 2. The highest BCUT2D eigenvalue weighted by Gasteiger charge is 2.15. The van der Waals surface area contributed by atoms with Crippen LogP contribution in [0.25, 0.3) is 11.0 Å². The summed E-state index contributed by atoms with van der Waals surface area (Å²) < 4.78 is 7.59. The van der Waals surface area contributed by atoms with Crippen molar-refractivity contribution in [2.45, 2.75) is 19.3 Å². The van der Waals surface area contributed by atoms with Gasteiger partial charge in [0.2, 0.25) is 0 Å². The number of hydrogen-bond acceptors (Lipinski definition) is 3. The fourth-order valence-corrected chi connectivity index (χ4v) is 2.95. The maximum Gasteiger partial charge on any atom is 0.110 e. The van der Waals surface area contributed by atoms with Crippen LogP contribution in [0, 0.1) is 0 Å². The lowest BCUT2D eigenvalue weighted by Crippen LogP contribution is -2.00. The second-order valence-corrected chi connectivity index (χ2v) is 5.34. The van der Waals surface area contributed by atoms with Gasteiger partial charge in [-0.15, -0.1) is 0 Å². The molecule has 0 spiro atoms. The van der Waals surface area contributed by atoms with Gasteiger partial charge in [-0.1, -0.05) is 0 Å². The minimum atomic E-state index is 0.891. The number of fused-ring (bicyclic) bond motifs is 2. The summed E-state index contributed by atoms with van der Waals surface area (Å²) in [5, 5.41) is 3.41. The van der Waals surface area contributed by atoms with E-state index in [1.165, 1.54) is 16.8 Å². The van der Waals surface area contributed by atoms with Crippen molar-refractivity contribution in [3.63, 3.8) is 0 Å². The van der Waals surface area contributed by atoms with Crippen LogP contribution in [-0.2, 0) is 26.3 Å². The van der Waals surface area contributed by atoms with Crippen LogP contribution in [0.2, 0.25) is 0 Å². The van der Waals surface area contributed by atoms with Crippen LogP contribution < -0.4 is 5.32 Å². The normalized spacial score (nSPS) is 13.7. The molecule has 3 aromatic rings. The molecule has 1 aliphatic heterocycles. The molecule has 1 aliphatic rings. The summed E-state index contributed by atoms with van der Waals surface area (Å²) in [6, 6.07) is 8.39. The third kappa shape index (κ3) is 1.80. The van der Waals surface area contributed by atoms with Crippen LogP contribution in [0.5, 0.6) is 0 Å². The molecule has 1 aromatic carbocycles. The number of aromatic nitrogens is 2. The van der Waals surface area contributed by atoms with Crippen molar-refractivity contribution in [1.82, 2.24) is 9.55 Å². The first-order valence-corrected chi connectivity index (χ1v) is 7.06. The number of imidazole rings is 1. The maximum atomic E-state index is 5.39. The molecule has 0 saturated carbocycles. The highest BCUT2D eigenvalue weighted by atomic mass is 16.3. The van der Waals surface area contributed by atoms with Crippen molar-refractivity contribution in [2.24, 2.45) is 7.05 Å². The van der Waals surface area contributed by atoms with Gasteiger partial charge in [-0.2, -0.15) is 0 Å². The third-order valence-corrected chi connectivity index (χ3v) is 4.08. The predicted molar refractivity (Wildman–Crippen MR) is 79.0 cm³/mol. The highest BCUT2D eigenvalue weighted by molar-refractivity contribution is 5.83. The van der Waals surface area contributed by atoms with Gasteiger partial charge < -0.3 is 14.3 Å². The molecule has 20 heavy (non-hydrogen) atoms. The second kappa shape index (κ2) is 4.40. The Hall–Kier alpha value is -2.23. The first-order valence-electron chi connectivity index (χ1n) is 7.06. The van der Waals surface area contributed by atoms with E-state index >= 15 is 0 Å². The van der Waals surface area contributed by atoms with E-state index in [2.05, 4.69) is 29.1 Å². The molecule has 1 N–H and O–H groups in total. The van der Waals surface area contributed by atoms with Crippen molar-refractivity contribution in [3.05, 3.63) is 47.7 Å². The van der Waals surface area contributed by atoms with Crippen LogP contribution in [0.4, 0.5) is 5.69 Å². The van der Waals surface area contributed by atoms with E-state index < -0.39 is 0 Å². The SMILES string of the molecule is Cn1c(CCc2ccco2)nc2cc3c(cc21)CCN3. The zero-order chi connectivity index (χ0) is 13.5. The van der Waals surface area contributed by atoms with Gasteiger partial charge in [0.15, 0.2) is 0 Å². The monoisotopic (exact) mass is 267 g/mol. The van der Waals surface area contributed by atoms with Gasteiger partial charge in [-0.25, -0.2) is 4.98 Å². The molecule has 0 aliphatic carbocycles. The lowest BCUT2D eigenvalue weighted by Gasteiger charge is -2.02. The van der Waals surface area contributed by atoms with Crippen molar-refractivity contribution < 1.29 is 4.42 Å². The maximum absolute atomic E-state index is 5.39. The van der Waals surface area contributed by atoms with Crippen molar-refractivity contribution in [1.29, 1.82) is 0 Å². The predicted octanol–water partition coefficient (Wildman–Crippen LogP) is 2.92. The molecule has 0 fully saturated rings. The van der Waals surface area contributed by atoms with E-state index in [-0.39, 0.29) is 0 Å². The molecule has 2 aromatic heterocycles. The van der Waals surface area contributed by atoms with Gasteiger partial charge in [0.1, 0.15) is 11.6 Å². The van der Waals surface area contributed by atoms with Gasteiger partial charge >= 0.3 is 0 Å². The fraction of sp³-hybridized carbons (Fsp3) is 0.312. The largest absolute Gasteiger partial charge is 0.469 e. The molecule has 102 valence electrons. The first-order chi connectivity index (χ1) is 9.81. The lowest BCUT2D eigenvalue weighted by atomic mass is 10.1. The molecule has 3 heterocycles. The number of nitrogens with one attached hydrogen (secondary N) is 1. The molecule has 0 atom stereocenters. The zero-order valence-electron chi connectivity index (χ0n) is 11.5. The van der Waals surface area contributed by atoms with Crippen molar-refractivity contribution in [3.8, 4) is 0 Å². The molecule has 0 radical (unpaired) electrons. The summed E-state index contributed by atoms with van der Waals surface area (Å²) in [5.41, 5.74) is 4.95. The molecule has 0 amide bonds. The average Bonchev–Trinajstić information content (AvgIpc) is 3.16. The summed E-state index contributed by atoms with van der Waals surface area (Å²) in [4.78, 5) is 4.77. The van der Waals surface area contributed by atoms with E-state index in [0.717, 1.165) is 42.9 Å². The third-order valence-electron chi connectivity index (χ3n) is 4.08. The van der Waals surface area contributed by atoms with Crippen LogP contribution in [0.1, 0.15) is 17.1 Å². The molecule has 4 rings (SSSR count). The lowest BCUT2D eigenvalue weighted by molar-refractivity contribution is 0.505. The summed E-state index contributed by atoms with van der Waals surface area (Å²) >= 11 is 0. The zero-order valence-corrected chi connectivity index (χ0v) is 11.5. The number of furan rings is 1. The minimum absolute atomic E-state index is 0.891. The standard InChI is InChI=1S/C16H17N3O/c1-19-15-9-11-6-7-17-13(11)10-14(15)18-16(19)5-4-12-3-2-8-20-12/h2-3,8-10,17H,4-7H2,1H3. The molecular weight excluding hydrogens is 250 g/mol. The Bertz CT molecular complexity index is 756. The Labute approximate surface area is 117 Å². The number of benzene rings is 1. The van der Waals surface area contributed by atoms with E-state index in [1.54, 1.807) is 6.26 Å². The summed E-state index contributed by atoms with van der Waals surface area (Å²) in [5.74, 6) is 2.13. The molecule has 4 heteroatoms. The number of rotatable bonds is 3. The van der Waals surface area contributed by atoms with E-state index in [9.17, 15) is 0 Å². The van der Waals surface area contributed by atoms with E-state index in [4.69, 9.17) is 9.40 Å². The van der Waals surface area contributed by atoms with Gasteiger partial charge in [0.05, 0.1) is 17.3 Å². The summed E-state index contributed by atoms with van der Waals surface area (Å²) in [7, 11) is 2.10. The molecule has 0 bridgehead atoms. The number of aryl methyl sites for hydroxylation is 3. The summed E-state index contributed by atoms with van der Waals surface area (Å²) in [6.45, 7) is 1.04.